The summed E-state index contributed by atoms with van der Waals surface area (Å²) in [6, 6.07) is 27.5. The Labute approximate surface area is 201 Å². The lowest BCUT2D eigenvalue weighted by molar-refractivity contribution is -0.139. The highest BCUT2D eigenvalue weighted by Gasteiger charge is 2.29. The van der Waals surface area contributed by atoms with E-state index in [1.807, 2.05) is 73.7 Å². The molecule has 2 amide bonds. The minimum absolute atomic E-state index is 0.0244. The minimum atomic E-state index is -0.570. The van der Waals surface area contributed by atoms with Gasteiger partial charge in [0.1, 0.15) is 6.04 Å². The molecule has 0 saturated heterocycles. The molecule has 4 nitrogen and oxygen atoms in total. The fourth-order valence-electron chi connectivity index (χ4n) is 3.77. The molecule has 0 aliphatic carbocycles. The molecule has 1 atom stereocenters. The van der Waals surface area contributed by atoms with Gasteiger partial charge in [-0.05, 0) is 30.5 Å². The van der Waals surface area contributed by atoms with Gasteiger partial charge in [0.25, 0.3) is 0 Å². The lowest BCUT2D eigenvalue weighted by Gasteiger charge is -2.31. The van der Waals surface area contributed by atoms with Gasteiger partial charge in [-0.15, -0.1) is 11.8 Å². The van der Waals surface area contributed by atoms with E-state index in [2.05, 4.69) is 30.4 Å². The van der Waals surface area contributed by atoms with Crippen LogP contribution >= 0.6 is 11.8 Å². The van der Waals surface area contributed by atoms with Crippen molar-refractivity contribution in [2.45, 2.75) is 38.6 Å². The number of likely N-dealkylation sites (N-methyl/N-ethyl adjacent to an activating group) is 1. The zero-order valence-corrected chi connectivity index (χ0v) is 20.2. The largest absolute Gasteiger partial charge is 0.355 e. The van der Waals surface area contributed by atoms with Gasteiger partial charge in [0.15, 0.2) is 0 Å². The second-order valence-electron chi connectivity index (χ2n) is 8.09. The van der Waals surface area contributed by atoms with Crippen molar-refractivity contribution in [2.24, 2.45) is 0 Å². The first-order chi connectivity index (χ1) is 16.1. The van der Waals surface area contributed by atoms with E-state index >= 15 is 0 Å². The topological polar surface area (TPSA) is 49.4 Å². The van der Waals surface area contributed by atoms with E-state index in [9.17, 15) is 9.59 Å². The van der Waals surface area contributed by atoms with Crippen LogP contribution in [0.3, 0.4) is 0 Å². The number of nitrogens with one attached hydrogen (secondary N) is 1. The summed E-state index contributed by atoms with van der Waals surface area (Å²) < 4.78 is 0. The van der Waals surface area contributed by atoms with Gasteiger partial charge in [-0.25, -0.2) is 0 Å². The van der Waals surface area contributed by atoms with Crippen LogP contribution in [-0.4, -0.2) is 35.1 Å². The number of carbonyl (C=O) groups is 2. The van der Waals surface area contributed by atoms with Gasteiger partial charge in [0, 0.05) is 25.3 Å². The third kappa shape index (κ3) is 7.79. The van der Waals surface area contributed by atoms with E-state index in [0.29, 0.717) is 25.3 Å². The van der Waals surface area contributed by atoms with E-state index in [0.717, 1.165) is 16.9 Å². The van der Waals surface area contributed by atoms with Crippen molar-refractivity contribution < 1.29 is 9.59 Å². The van der Waals surface area contributed by atoms with Gasteiger partial charge < -0.3 is 10.2 Å². The van der Waals surface area contributed by atoms with E-state index in [1.54, 1.807) is 16.7 Å². The Balaban J connectivity index is 1.80. The fourth-order valence-corrected chi connectivity index (χ4v) is 4.62. The maximum Gasteiger partial charge on any atom is 0.243 e. The Bertz CT molecular complexity index is 1020. The number of rotatable bonds is 11. The molecule has 0 heterocycles. The normalized spacial score (nSPS) is 11.6. The summed E-state index contributed by atoms with van der Waals surface area (Å²) in [4.78, 5) is 28.3. The molecule has 0 saturated carbocycles. The second kappa shape index (κ2) is 12.9. The molecule has 0 aliphatic rings. The Kier molecular flexibility index (Phi) is 9.58. The number of amides is 2. The highest BCUT2D eigenvalue weighted by Crippen LogP contribution is 2.19. The maximum atomic E-state index is 13.5. The first-order valence-corrected chi connectivity index (χ1v) is 12.5. The molecular weight excluding hydrogens is 428 g/mol. The number of thioether (sulfide) groups is 1. The van der Waals surface area contributed by atoms with Crippen LogP contribution in [0.5, 0.6) is 0 Å². The molecule has 0 radical (unpaired) electrons. The standard InChI is InChI=1S/C28H32N2O2S/c1-3-29-28(32)26(18-23-12-6-4-7-13-23)30(19-24-14-8-5-9-15-24)27(31)21-33-20-25-16-10-11-22(2)17-25/h4-17,26H,3,18-21H2,1-2H3,(H,29,32)/t26-/m1/s1. The number of aryl methyl sites for hydroxylation is 1. The maximum absolute atomic E-state index is 13.5. The minimum Gasteiger partial charge on any atom is -0.355 e. The third-order valence-corrected chi connectivity index (χ3v) is 6.38. The van der Waals surface area contributed by atoms with Crippen LogP contribution in [0.25, 0.3) is 0 Å². The molecule has 0 fully saturated rings. The van der Waals surface area contributed by atoms with Crippen LogP contribution in [0.4, 0.5) is 0 Å². The van der Waals surface area contributed by atoms with Crippen molar-refractivity contribution in [3.8, 4) is 0 Å². The van der Waals surface area contributed by atoms with Crippen molar-refractivity contribution in [1.29, 1.82) is 0 Å². The van der Waals surface area contributed by atoms with Crippen molar-refractivity contribution in [2.75, 3.05) is 12.3 Å². The lowest BCUT2D eigenvalue weighted by Crippen LogP contribution is -2.51. The van der Waals surface area contributed by atoms with Crippen LogP contribution in [0.1, 0.15) is 29.2 Å². The van der Waals surface area contributed by atoms with Gasteiger partial charge in [-0.1, -0.05) is 90.5 Å². The van der Waals surface area contributed by atoms with Gasteiger partial charge >= 0.3 is 0 Å². The molecule has 0 aliphatic heterocycles. The van der Waals surface area contributed by atoms with Crippen LogP contribution in [0.15, 0.2) is 84.9 Å². The molecular formula is C28H32N2O2S. The average Bonchev–Trinajstić information content (AvgIpc) is 2.83. The summed E-state index contributed by atoms with van der Waals surface area (Å²) in [5.74, 6) is 0.945. The van der Waals surface area contributed by atoms with Crippen molar-refractivity contribution in [1.82, 2.24) is 10.2 Å². The predicted octanol–water partition coefficient (Wildman–Crippen LogP) is 5.00. The Morgan fingerprint density at radius 1 is 0.879 bits per heavy atom. The molecule has 3 aromatic rings. The Morgan fingerprint density at radius 3 is 2.15 bits per heavy atom. The van der Waals surface area contributed by atoms with Crippen LogP contribution in [-0.2, 0) is 28.3 Å². The average molecular weight is 461 g/mol. The summed E-state index contributed by atoms with van der Waals surface area (Å²) in [5, 5.41) is 2.94. The molecule has 33 heavy (non-hydrogen) atoms. The van der Waals surface area contributed by atoms with Crippen molar-refractivity contribution in [3.05, 3.63) is 107 Å². The molecule has 0 unspecified atom stereocenters. The first kappa shape index (κ1) is 24.6. The highest BCUT2D eigenvalue weighted by atomic mass is 32.2. The molecule has 5 heteroatoms. The quantitative estimate of drug-likeness (QED) is 0.438. The van der Waals surface area contributed by atoms with Gasteiger partial charge in [-0.3, -0.25) is 9.59 Å². The van der Waals surface area contributed by atoms with Crippen molar-refractivity contribution in [3.63, 3.8) is 0 Å². The lowest BCUT2D eigenvalue weighted by atomic mass is 10.0. The van der Waals surface area contributed by atoms with Gasteiger partial charge in [0.2, 0.25) is 11.8 Å². The number of benzene rings is 3. The summed E-state index contributed by atoms with van der Waals surface area (Å²) >= 11 is 1.59. The third-order valence-electron chi connectivity index (χ3n) is 5.39. The molecule has 3 rings (SSSR count). The summed E-state index contributed by atoms with van der Waals surface area (Å²) in [6.45, 7) is 4.90. The van der Waals surface area contributed by atoms with E-state index in [1.165, 1.54) is 11.1 Å². The van der Waals surface area contributed by atoms with E-state index < -0.39 is 6.04 Å². The summed E-state index contributed by atoms with van der Waals surface area (Å²) in [5.41, 5.74) is 4.46. The monoisotopic (exact) mass is 460 g/mol. The fraction of sp³-hybridized carbons (Fsp3) is 0.286. The van der Waals surface area contributed by atoms with Crippen molar-refractivity contribution >= 4 is 23.6 Å². The molecule has 172 valence electrons. The SMILES string of the molecule is CCNC(=O)[C@@H](Cc1ccccc1)N(Cc1ccccc1)C(=O)CSCc1cccc(C)c1. The molecule has 0 aromatic heterocycles. The Morgan fingerprint density at radius 2 is 1.52 bits per heavy atom. The van der Waals surface area contributed by atoms with Gasteiger partial charge in [-0.2, -0.15) is 0 Å². The van der Waals surface area contributed by atoms with Crippen LogP contribution < -0.4 is 5.32 Å². The summed E-state index contributed by atoms with van der Waals surface area (Å²) in [6.07, 6.45) is 0.480. The van der Waals surface area contributed by atoms with Crippen LogP contribution in [0.2, 0.25) is 0 Å². The number of nitrogens with zero attached hydrogens (tertiary/aromatic N) is 1. The zero-order chi connectivity index (χ0) is 23.5. The number of carbonyl (C=O) groups excluding carboxylic acids is 2. The smallest absolute Gasteiger partial charge is 0.243 e. The van der Waals surface area contributed by atoms with Gasteiger partial charge in [0.05, 0.1) is 5.75 Å². The van der Waals surface area contributed by atoms with Crippen LogP contribution in [0, 0.1) is 6.92 Å². The zero-order valence-electron chi connectivity index (χ0n) is 19.4. The molecule has 0 spiro atoms. The van der Waals surface area contributed by atoms with E-state index in [4.69, 9.17) is 0 Å². The second-order valence-corrected chi connectivity index (χ2v) is 9.07. The highest BCUT2D eigenvalue weighted by molar-refractivity contribution is 7.99. The first-order valence-electron chi connectivity index (χ1n) is 11.3. The van der Waals surface area contributed by atoms with E-state index in [-0.39, 0.29) is 11.8 Å². The molecule has 1 N–H and O–H groups in total. The Hall–Kier alpha value is -3.05. The number of hydrogen-bond donors (Lipinski definition) is 1. The summed E-state index contributed by atoms with van der Waals surface area (Å²) in [7, 11) is 0. The molecule has 3 aromatic carbocycles. The predicted molar refractivity (Wildman–Crippen MR) is 137 cm³/mol. The number of hydrogen-bond acceptors (Lipinski definition) is 3. The molecule has 0 bridgehead atoms.